The van der Waals surface area contributed by atoms with E-state index in [2.05, 4.69) is 25.5 Å². The molecule has 0 saturated heterocycles. The fourth-order valence-corrected chi connectivity index (χ4v) is 2.55. The van der Waals surface area contributed by atoms with E-state index in [0.717, 1.165) is 0 Å². The lowest BCUT2D eigenvalue weighted by Crippen LogP contribution is -2.16. The Balaban J connectivity index is 1.71. The van der Waals surface area contributed by atoms with Crippen LogP contribution in [0, 0.1) is 6.92 Å². The molecule has 0 aliphatic heterocycles. The number of fused-ring (bicyclic) bond motifs is 1. The summed E-state index contributed by atoms with van der Waals surface area (Å²) in [5.41, 5.74) is 0.989. The molecular formula is C16H11N5O4. The van der Waals surface area contributed by atoms with E-state index in [4.69, 9.17) is 8.83 Å². The zero-order valence-corrected chi connectivity index (χ0v) is 12.9. The van der Waals surface area contributed by atoms with Crippen molar-refractivity contribution in [3.05, 3.63) is 58.7 Å². The number of aromatic nitrogens is 4. The van der Waals surface area contributed by atoms with Crippen LogP contribution in [0.15, 0.2) is 50.6 Å². The van der Waals surface area contributed by atoms with Crippen LogP contribution in [0.5, 0.6) is 0 Å². The average molecular weight is 337 g/mol. The number of hydrogen-bond acceptors (Lipinski definition) is 7. The van der Waals surface area contributed by atoms with Gasteiger partial charge in [-0.05, 0) is 25.1 Å². The largest absolute Gasteiger partial charge is 0.442 e. The van der Waals surface area contributed by atoms with Crippen LogP contribution in [0.1, 0.15) is 16.1 Å². The average Bonchev–Trinajstić information content (AvgIpc) is 3.23. The molecule has 0 spiro atoms. The minimum absolute atomic E-state index is 0.116. The van der Waals surface area contributed by atoms with Crippen molar-refractivity contribution >= 4 is 22.7 Å². The first kappa shape index (κ1) is 14.8. The van der Waals surface area contributed by atoms with E-state index in [1.807, 2.05) is 0 Å². The Kier molecular flexibility index (Phi) is 3.38. The molecule has 2 N–H and O–H groups in total. The van der Waals surface area contributed by atoms with Gasteiger partial charge in [-0.15, -0.1) is 10.2 Å². The lowest BCUT2D eigenvalue weighted by molar-refractivity contribution is 0.102. The first-order valence-corrected chi connectivity index (χ1v) is 7.28. The number of nitrogens with one attached hydrogen (secondary N) is 2. The quantitative estimate of drug-likeness (QED) is 0.586. The Hall–Kier alpha value is -3.75. The minimum Gasteiger partial charge on any atom is -0.442 e. The van der Waals surface area contributed by atoms with E-state index in [0.29, 0.717) is 22.9 Å². The Morgan fingerprint density at radius 3 is 3.00 bits per heavy atom. The molecule has 4 rings (SSSR count). The molecule has 9 nitrogen and oxygen atoms in total. The van der Waals surface area contributed by atoms with Crippen LogP contribution in [0.3, 0.4) is 0 Å². The van der Waals surface area contributed by atoms with Crippen LogP contribution in [0.2, 0.25) is 0 Å². The number of H-pyrrole nitrogens is 1. The van der Waals surface area contributed by atoms with E-state index < -0.39 is 11.5 Å². The second-order valence-electron chi connectivity index (χ2n) is 5.22. The third kappa shape index (κ3) is 2.57. The van der Waals surface area contributed by atoms with Crippen molar-refractivity contribution in [2.24, 2.45) is 0 Å². The smallest absolute Gasteiger partial charge is 0.262 e. The fraction of sp³-hybridized carbons (Fsp3) is 0.0625. The number of amides is 1. The molecule has 0 aliphatic rings. The van der Waals surface area contributed by atoms with Crippen LogP contribution in [0.4, 0.5) is 5.69 Å². The van der Waals surface area contributed by atoms with E-state index in [-0.39, 0.29) is 16.7 Å². The molecule has 0 bridgehead atoms. The van der Waals surface area contributed by atoms with E-state index >= 15 is 0 Å². The van der Waals surface area contributed by atoms with Gasteiger partial charge in [0, 0.05) is 11.3 Å². The van der Waals surface area contributed by atoms with E-state index in [9.17, 15) is 9.59 Å². The zero-order chi connectivity index (χ0) is 17.4. The monoisotopic (exact) mass is 337 g/mol. The summed E-state index contributed by atoms with van der Waals surface area (Å²) in [6.45, 7) is 1.60. The van der Waals surface area contributed by atoms with E-state index in [1.54, 1.807) is 31.2 Å². The van der Waals surface area contributed by atoms with Crippen molar-refractivity contribution in [1.29, 1.82) is 0 Å². The van der Waals surface area contributed by atoms with Crippen LogP contribution >= 0.6 is 0 Å². The Bertz CT molecular complexity index is 1130. The van der Waals surface area contributed by atoms with Gasteiger partial charge in [0.1, 0.15) is 11.1 Å². The number of anilines is 1. The highest BCUT2D eigenvalue weighted by atomic mass is 16.4. The molecule has 3 heterocycles. The van der Waals surface area contributed by atoms with Crippen LogP contribution < -0.4 is 10.9 Å². The summed E-state index contributed by atoms with van der Waals surface area (Å²) in [5, 5.41) is 10.3. The normalized spacial score (nSPS) is 10.9. The maximum Gasteiger partial charge on any atom is 0.262 e. The van der Waals surface area contributed by atoms with Crippen LogP contribution in [0.25, 0.3) is 22.6 Å². The van der Waals surface area contributed by atoms with Gasteiger partial charge in [-0.3, -0.25) is 9.59 Å². The Morgan fingerprint density at radius 1 is 1.32 bits per heavy atom. The summed E-state index contributed by atoms with van der Waals surface area (Å²) >= 11 is 0. The number of benzene rings is 1. The highest BCUT2D eigenvalue weighted by Gasteiger charge is 2.21. The maximum absolute atomic E-state index is 12.7. The molecule has 0 unspecified atom stereocenters. The molecule has 3 aromatic heterocycles. The predicted molar refractivity (Wildman–Crippen MR) is 87.1 cm³/mol. The molecule has 25 heavy (non-hydrogen) atoms. The molecule has 0 aliphatic carbocycles. The molecule has 9 heteroatoms. The number of aryl methyl sites for hydroxylation is 1. The van der Waals surface area contributed by atoms with Crippen molar-refractivity contribution in [3.8, 4) is 11.5 Å². The zero-order valence-electron chi connectivity index (χ0n) is 12.9. The number of carbonyl (C=O) groups excluding carboxylic acids is 1. The molecule has 0 fully saturated rings. The second-order valence-corrected chi connectivity index (χ2v) is 5.22. The summed E-state index contributed by atoms with van der Waals surface area (Å²) < 4.78 is 10.5. The predicted octanol–water partition coefficient (Wildman–Crippen LogP) is 2.13. The standard InChI is InChI=1S/C16H11N5O4/c1-8-11(12-13(22)17-6-18-16(12)25-8)14(23)20-10-4-2-3-9(5-10)15-21-19-7-24-15/h2-7H,1H3,(H,20,23)(H,17,18,22). The van der Waals surface area contributed by atoms with Crippen LogP contribution in [-0.2, 0) is 0 Å². The van der Waals surface area contributed by atoms with Gasteiger partial charge < -0.3 is 19.1 Å². The third-order valence-corrected chi connectivity index (χ3v) is 3.62. The number of nitrogens with zero attached hydrogens (tertiary/aromatic N) is 3. The first-order chi connectivity index (χ1) is 12.1. The Morgan fingerprint density at radius 2 is 2.20 bits per heavy atom. The maximum atomic E-state index is 12.7. The van der Waals surface area contributed by atoms with Gasteiger partial charge >= 0.3 is 0 Å². The number of hydrogen-bond donors (Lipinski definition) is 2. The molecule has 0 radical (unpaired) electrons. The molecule has 4 aromatic rings. The second kappa shape index (κ2) is 5.71. The first-order valence-electron chi connectivity index (χ1n) is 7.28. The summed E-state index contributed by atoms with van der Waals surface area (Å²) in [4.78, 5) is 31.0. The summed E-state index contributed by atoms with van der Waals surface area (Å²) in [5.74, 6) is 0.170. The van der Waals surface area contributed by atoms with Gasteiger partial charge in [-0.25, -0.2) is 4.98 Å². The van der Waals surface area contributed by atoms with Crippen molar-refractivity contribution in [3.63, 3.8) is 0 Å². The number of furan rings is 1. The molecule has 1 amide bonds. The highest BCUT2D eigenvalue weighted by molar-refractivity contribution is 6.12. The number of rotatable bonds is 3. The lowest BCUT2D eigenvalue weighted by Gasteiger charge is -2.05. The molecule has 0 saturated carbocycles. The van der Waals surface area contributed by atoms with Crippen molar-refractivity contribution in [1.82, 2.24) is 20.2 Å². The molecule has 1 aromatic carbocycles. The van der Waals surface area contributed by atoms with Gasteiger partial charge in [-0.2, -0.15) is 0 Å². The fourth-order valence-electron chi connectivity index (χ4n) is 2.55. The van der Waals surface area contributed by atoms with Crippen molar-refractivity contribution in [2.75, 3.05) is 5.32 Å². The van der Waals surface area contributed by atoms with Gasteiger partial charge in [0.2, 0.25) is 18.0 Å². The molecular weight excluding hydrogens is 326 g/mol. The van der Waals surface area contributed by atoms with Crippen molar-refractivity contribution < 1.29 is 13.6 Å². The topological polar surface area (TPSA) is 127 Å². The SMILES string of the molecule is Cc1oc2nc[nH]c(=O)c2c1C(=O)Nc1cccc(-c2nnco2)c1. The summed E-state index contributed by atoms with van der Waals surface area (Å²) in [7, 11) is 0. The summed E-state index contributed by atoms with van der Waals surface area (Å²) in [6.07, 6.45) is 2.45. The third-order valence-electron chi connectivity index (χ3n) is 3.62. The van der Waals surface area contributed by atoms with E-state index in [1.165, 1.54) is 12.7 Å². The summed E-state index contributed by atoms with van der Waals surface area (Å²) in [6, 6.07) is 6.91. The van der Waals surface area contributed by atoms with Gasteiger partial charge in [0.25, 0.3) is 11.5 Å². The Labute approximate surface area is 139 Å². The van der Waals surface area contributed by atoms with Gasteiger partial charge in [0.15, 0.2) is 0 Å². The van der Waals surface area contributed by atoms with Gasteiger partial charge in [0.05, 0.1) is 11.9 Å². The van der Waals surface area contributed by atoms with Crippen LogP contribution in [-0.4, -0.2) is 26.1 Å². The molecule has 124 valence electrons. The minimum atomic E-state index is -0.475. The highest BCUT2D eigenvalue weighted by Crippen LogP contribution is 2.24. The number of aromatic amines is 1. The lowest BCUT2D eigenvalue weighted by atomic mass is 10.1. The molecule has 0 atom stereocenters. The van der Waals surface area contributed by atoms with Crippen molar-refractivity contribution in [2.45, 2.75) is 6.92 Å². The van der Waals surface area contributed by atoms with Gasteiger partial charge in [-0.1, -0.05) is 6.07 Å². The number of carbonyl (C=O) groups is 1.